The third-order valence-electron chi connectivity index (χ3n) is 6.88. The van der Waals surface area contributed by atoms with Crippen LogP contribution >= 0.6 is 15.9 Å². The zero-order valence-corrected chi connectivity index (χ0v) is 26.5. The van der Waals surface area contributed by atoms with Gasteiger partial charge in [-0.1, -0.05) is 59.6 Å². The molecule has 2 amide bonds. The number of sulfonamides is 1. The van der Waals surface area contributed by atoms with Gasteiger partial charge in [-0.2, -0.15) is 0 Å². The third kappa shape index (κ3) is 8.33. The number of hydrogen-bond acceptors (Lipinski definition) is 5. The topological polar surface area (TPSA) is 96.0 Å². The van der Waals surface area contributed by atoms with Crippen LogP contribution in [0.5, 0.6) is 5.75 Å². The van der Waals surface area contributed by atoms with E-state index in [0.717, 1.165) is 26.3 Å². The van der Waals surface area contributed by atoms with Gasteiger partial charge in [0.2, 0.25) is 11.8 Å². The maximum absolute atomic E-state index is 14.1. The molecule has 0 saturated carbocycles. The van der Waals surface area contributed by atoms with E-state index in [4.69, 9.17) is 4.74 Å². The average molecular weight is 645 g/mol. The molecule has 10 heteroatoms. The maximum atomic E-state index is 14.1. The van der Waals surface area contributed by atoms with Crippen molar-refractivity contribution in [1.29, 1.82) is 0 Å². The summed E-state index contributed by atoms with van der Waals surface area (Å²) in [4.78, 5) is 29.1. The van der Waals surface area contributed by atoms with Crippen LogP contribution in [0.15, 0.2) is 82.2 Å². The van der Waals surface area contributed by atoms with E-state index < -0.39 is 28.5 Å². The number of nitrogens with zero attached hydrogens (tertiary/aromatic N) is 2. The predicted octanol–water partition coefficient (Wildman–Crippen LogP) is 5.68. The number of hydrogen-bond donors (Lipinski definition) is 1. The molecule has 0 bridgehead atoms. The van der Waals surface area contributed by atoms with E-state index in [0.29, 0.717) is 17.9 Å². The van der Waals surface area contributed by atoms with Crippen molar-refractivity contribution in [3.8, 4) is 5.75 Å². The Labute approximate surface area is 251 Å². The molecule has 0 radical (unpaired) electrons. The lowest BCUT2D eigenvalue weighted by molar-refractivity contribution is -0.140. The van der Waals surface area contributed by atoms with Gasteiger partial charge in [-0.15, -0.1) is 0 Å². The first-order chi connectivity index (χ1) is 19.5. The van der Waals surface area contributed by atoms with Crippen LogP contribution in [0.2, 0.25) is 0 Å². The number of amides is 2. The smallest absolute Gasteiger partial charge is 0.264 e. The van der Waals surface area contributed by atoms with E-state index in [1.54, 1.807) is 55.6 Å². The second kappa shape index (κ2) is 14.5. The van der Waals surface area contributed by atoms with Crippen molar-refractivity contribution < 1.29 is 22.7 Å². The molecule has 2 atom stereocenters. The number of nitrogens with one attached hydrogen (secondary N) is 1. The van der Waals surface area contributed by atoms with Crippen LogP contribution < -0.4 is 14.4 Å². The van der Waals surface area contributed by atoms with E-state index in [-0.39, 0.29) is 23.4 Å². The fourth-order valence-corrected chi connectivity index (χ4v) is 5.98. The molecular weight excluding hydrogens is 606 g/mol. The molecule has 3 aromatic carbocycles. The van der Waals surface area contributed by atoms with E-state index in [1.807, 2.05) is 39.8 Å². The number of methoxy groups -OCH3 is 1. The van der Waals surface area contributed by atoms with E-state index in [9.17, 15) is 18.0 Å². The summed E-state index contributed by atoms with van der Waals surface area (Å²) < 4.78 is 35.1. The molecule has 0 fully saturated rings. The van der Waals surface area contributed by atoms with Gasteiger partial charge in [-0.05, 0) is 80.8 Å². The fraction of sp³-hybridized carbons (Fsp3) is 0.355. The molecule has 0 aromatic heterocycles. The fourth-order valence-electron chi connectivity index (χ4n) is 4.30. The summed E-state index contributed by atoms with van der Waals surface area (Å²) in [6.45, 7) is 7.19. The highest BCUT2D eigenvalue weighted by Gasteiger charge is 2.34. The van der Waals surface area contributed by atoms with Crippen LogP contribution in [-0.2, 0) is 26.2 Å². The monoisotopic (exact) mass is 643 g/mol. The Morgan fingerprint density at radius 3 is 2.22 bits per heavy atom. The molecule has 0 aliphatic heterocycles. The summed E-state index contributed by atoms with van der Waals surface area (Å²) in [5.74, 6) is -0.169. The van der Waals surface area contributed by atoms with Crippen LogP contribution in [-0.4, -0.2) is 50.9 Å². The molecule has 41 heavy (non-hydrogen) atoms. The molecule has 0 aliphatic rings. The lowest BCUT2D eigenvalue weighted by Gasteiger charge is -2.33. The van der Waals surface area contributed by atoms with Gasteiger partial charge in [0.25, 0.3) is 10.0 Å². The lowest BCUT2D eigenvalue weighted by Crippen LogP contribution is -2.53. The Hall–Kier alpha value is -3.37. The van der Waals surface area contributed by atoms with Crippen molar-refractivity contribution in [3.05, 3.63) is 88.4 Å². The molecule has 0 spiro atoms. The molecule has 3 rings (SSSR count). The van der Waals surface area contributed by atoms with Crippen molar-refractivity contribution >= 4 is 43.5 Å². The number of carbonyl (C=O) groups is 2. The summed E-state index contributed by atoms with van der Waals surface area (Å²) in [5.41, 5.74) is 2.00. The van der Waals surface area contributed by atoms with E-state index in [2.05, 4.69) is 21.2 Å². The standard InChI is InChI=1S/C31H38BrN3O5S/c1-6-23(4)33-31(37)29(7-2)34(20-24-9-8-10-27(19-24)40-5)30(36)21-35(26-15-13-25(32)14-16-26)41(38,39)28-17-11-22(3)12-18-28/h8-19,23,29H,6-7,20-21H2,1-5H3,(H,33,37)/t23-,29+/m0/s1. The third-order valence-corrected chi connectivity index (χ3v) is 9.19. The SMILES string of the molecule is CC[C@H](C(=O)N[C@@H](C)CC)N(Cc1cccc(OC)c1)C(=O)CN(c1ccc(Br)cc1)S(=O)(=O)c1ccc(C)cc1. The number of rotatable bonds is 13. The summed E-state index contributed by atoms with van der Waals surface area (Å²) in [7, 11) is -2.56. The lowest BCUT2D eigenvalue weighted by atomic mass is 10.1. The van der Waals surface area contributed by atoms with Gasteiger partial charge < -0.3 is 15.0 Å². The van der Waals surface area contributed by atoms with Crippen molar-refractivity contribution in [2.24, 2.45) is 0 Å². The van der Waals surface area contributed by atoms with Gasteiger partial charge in [0.1, 0.15) is 18.3 Å². The molecule has 0 saturated heterocycles. The van der Waals surface area contributed by atoms with Crippen molar-refractivity contribution in [3.63, 3.8) is 0 Å². The zero-order valence-electron chi connectivity index (χ0n) is 24.1. The Morgan fingerprint density at radius 1 is 0.976 bits per heavy atom. The molecular formula is C31H38BrN3O5S. The highest BCUT2D eigenvalue weighted by molar-refractivity contribution is 9.10. The van der Waals surface area contributed by atoms with Gasteiger partial charge in [0.15, 0.2) is 0 Å². The number of carbonyl (C=O) groups excluding carboxylic acids is 2. The highest BCUT2D eigenvalue weighted by atomic mass is 79.9. The Kier molecular flexibility index (Phi) is 11.4. The molecule has 0 aliphatic carbocycles. The number of benzene rings is 3. The highest BCUT2D eigenvalue weighted by Crippen LogP contribution is 2.27. The van der Waals surface area contributed by atoms with Crippen LogP contribution in [0.25, 0.3) is 0 Å². The molecule has 0 unspecified atom stereocenters. The minimum atomic E-state index is -4.12. The van der Waals surface area contributed by atoms with Gasteiger partial charge >= 0.3 is 0 Å². The summed E-state index contributed by atoms with van der Waals surface area (Å²) in [5, 5.41) is 2.98. The van der Waals surface area contributed by atoms with Crippen molar-refractivity contribution in [2.45, 2.75) is 64.1 Å². The molecule has 3 aromatic rings. The average Bonchev–Trinajstić information content (AvgIpc) is 2.96. The summed E-state index contributed by atoms with van der Waals surface area (Å²) in [6.07, 6.45) is 1.08. The Balaban J connectivity index is 2.06. The molecule has 220 valence electrons. The minimum Gasteiger partial charge on any atom is -0.497 e. The number of ether oxygens (including phenoxy) is 1. The van der Waals surface area contributed by atoms with Crippen molar-refractivity contribution in [1.82, 2.24) is 10.2 Å². The number of aryl methyl sites for hydroxylation is 1. The van der Waals surface area contributed by atoms with Crippen LogP contribution in [0.4, 0.5) is 5.69 Å². The van der Waals surface area contributed by atoms with Gasteiger partial charge in [-0.3, -0.25) is 13.9 Å². The van der Waals surface area contributed by atoms with E-state index >= 15 is 0 Å². The Bertz CT molecular complexity index is 1430. The quantitative estimate of drug-likeness (QED) is 0.258. The normalized spacial score (nSPS) is 12.7. The first kappa shape index (κ1) is 32.1. The van der Waals surface area contributed by atoms with Crippen LogP contribution in [0, 0.1) is 6.92 Å². The summed E-state index contributed by atoms with van der Waals surface area (Å²) >= 11 is 3.39. The minimum absolute atomic E-state index is 0.0692. The zero-order chi connectivity index (χ0) is 30.2. The number of halogens is 1. The van der Waals surface area contributed by atoms with Gasteiger partial charge in [-0.25, -0.2) is 8.42 Å². The van der Waals surface area contributed by atoms with Crippen LogP contribution in [0.3, 0.4) is 0 Å². The molecule has 0 heterocycles. The van der Waals surface area contributed by atoms with Crippen LogP contribution in [0.1, 0.15) is 44.7 Å². The summed E-state index contributed by atoms with van der Waals surface area (Å²) in [6, 6.07) is 19.6. The maximum Gasteiger partial charge on any atom is 0.264 e. The Morgan fingerprint density at radius 2 is 1.63 bits per heavy atom. The molecule has 8 nitrogen and oxygen atoms in total. The first-order valence-electron chi connectivity index (χ1n) is 13.6. The second-order valence-corrected chi connectivity index (χ2v) is 12.7. The van der Waals surface area contributed by atoms with Gasteiger partial charge in [0, 0.05) is 17.1 Å². The second-order valence-electron chi connectivity index (χ2n) is 9.92. The molecule has 1 N–H and O–H groups in total. The van der Waals surface area contributed by atoms with E-state index in [1.165, 1.54) is 17.0 Å². The predicted molar refractivity (Wildman–Crippen MR) is 165 cm³/mol. The van der Waals surface area contributed by atoms with Crippen molar-refractivity contribution in [2.75, 3.05) is 18.0 Å². The number of anilines is 1. The largest absolute Gasteiger partial charge is 0.497 e. The first-order valence-corrected chi connectivity index (χ1v) is 15.8. The van der Waals surface area contributed by atoms with Gasteiger partial charge in [0.05, 0.1) is 17.7 Å².